The van der Waals surface area contributed by atoms with Crippen LogP contribution in [0, 0.1) is 11.3 Å². The molecule has 2 aromatic carbocycles. The summed E-state index contributed by atoms with van der Waals surface area (Å²) in [7, 11) is 1.80. The van der Waals surface area contributed by atoms with Crippen molar-refractivity contribution in [1.82, 2.24) is 4.57 Å². The maximum absolute atomic E-state index is 12.9. The molecule has 0 bridgehead atoms. The van der Waals surface area contributed by atoms with Crippen LogP contribution in [0.5, 0.6) is 0 Å². The first-order valence-corrected chi connectivity index (χ1v) is 7.24. The number of benzene rings is 2. The minimum atomic E-state index is -0.155. The molecule has 1 heterocycles. The monoisotopic (exact) mass is 301 g/mol. The zero-order valence-corrected chi connectivity index (χ0v) is 12.7. The van der Waals surface area contributed by atoms with E-state index in [2.05, 4.69) is 11.4 Å². The Morgan fingerprint density at radius 1 is 1.00 bits per heavy atom. The summed E-state index contributed by atoms with van der Waals surface area (Å²) < 4.78 is 1.59. The van der Waals surface area contributed by atoms with Crippen molar-refractivity contribution in [1.29, 1.82) is 5.26 Å². The van der Waals surface area contributed by atoms with E-state index >= 15 is 0 Å². The molecule has 0 atom stereocenters. The lowest BCUT2D eigenvalue weighted by Crippen LogP contribution is -2.20. The van der Waals surface area contributed by atoms with Crippen molar-refractivity contribution >= 4 is 5.69 Å². The molecule has 0 fully saturated rings. The van der Waals surface area contributed by atoms with E-state index in [1.165, 1.54) is 0 Å². The van der Waals surface area contributed by atoms with Crippen molar-refractivity contribution < 1.29 is 0 Å². The summed E-state index contributed by atoms with van der Waals surface area (Å²) in [5.74, 6) is 0. The Labute approximate surface area is 134 Å². The number of rotatable bonds is 3. The van der Waals surface area contributed by atoms with Gasteiger partial charge in [0.1, 0.15) is 0 Å². The van der Waals surface area contributed by atoms with Crippen LogP contribution < -0.4 is 10.9 Å². The molecule has 1 aromatic heterocycles. The van der Waals surface area contributed by atoms with Crippen molar-refractivity contribution in [3.63, 3.8) is 0 Å². The van der Waals surface area contributed by atoms with Crippen molar-refractivity contribution in [2.24, 2.45) is 0 Å². The van der Waals surface area contributed by atoms with E-state index in [-0.39, 0.29) is 5.56 Å². The Balaban J connectivity index is 2.31. The molecule has 0 saturated carbocycles. The van der Waals surface area contributed by atoms with Crippen LogP contribution >= 0.6 is 0 Å². The van der Waals surface area contributed by atoms with E-state index in [0.29, 0.717) is 16.7 Å². The lowest BCUT2D eigenvalue weighted by molar-refractivity contribution is 0.994. The Morgan fingerprint density at radius 2 is 1.70 bits per heavy atom. The van der Waals surface area contributed by atoms with Crippen LogP contribution in [0.25, 0.3) is 16.8 Å². The average Bonchev–Trinajstić information content (AvgIpc) is 2.62. The van der Waals surface area contributed by atoms with Crippen LogP contribution in [0.15, 0.2) is 71.7 Å². The van der Waals surface area contributed by atoms with Crippen LogP contribution in [0.4, 0.5) is 5.69 Å². The number of pyridine rings is 1. The molecule has 0 spiro atoms. The van der Waals surface area contributed by atoms with Gasteiger partial charge in [0.2, 0.25) is 0 Å². The summed E-state index contributed by atoms with van der Waals surface area (Å²) in [6.07, 6.45) is 1.76. The molecule has 23 heavy (non-hydrogen) atoms. The predicted octanol–water partition coefficient (Wildman–Crippen LogP) is 3.42. The van der Waals surface area contributed by atoms with Gasteiger partial charge in [-0.3, -0.25) is 9.36 Å². The Hall–Kier alpha value is -3.32. The first kappa shape index (κ1) is 14.6. The summed E-state index contributed by atoms with van der Waals surface area (Å²) in [6.45, 7) is 0. The van der Waals surface area contributed by atoms with Crippen molar-refractivity contribution in [2.45, 2.75) is 0 Å². The predicted molar refractivity (Wildman–Crippen MR) is 91.7 cm³/mol. The van der Waals surface area contributed by atoms with E-state index < -0.39 is 0 Å². The highest BCUT2D eigenvalue weighted by Gasteiger charge is 2.12. The second kappa shape index (κ2) is 6.20. The molecule has 3 rings (SSSR count). The molecule has 0 radical (unpaired) electrons. The van der Waals surface area contributed by atoms with E-state index in [0.717, 1.165) is 11.4 Å². The third-order valence-corrected chi connectivity index (χ3v) is 3.68. The summed E-state index contributed by atoms with van der Waals surface area (Å²) in [4.78, 5) is 12.9. The molecule has 0 amide bonds. The van der Waals surface area contributed by atoms with Gasteiger partial charge in [0.25, 0.3) is 5.56 Å². The van der Waals surface area contributed by atoms with E-state index in [1.54, 1.807) is 42.1 Å². The second-order valence-electron chi connectivity index (χ2n) is 5.06. The molecule has 112 valence electrons. The standard InChI is InChI=1S/C19H15N3O/c1-21-15-11-18(17-10-6-5-7-14(17)12-20)19(23)22(13-15)16-8-3-2-4-9-16/h2-11,13,21H,1H3. The number of nitrogens with zero attached hydrogens (tertiary/aromatic N) is 2. The molecule has 1 N–H and O–H groups in total. The van der Waals surface area contributed by atoms with Gasteiger partial charge in [0.15, 0.2) is 0 Å². The van der Waals surface area contributed by atoms with Gasteiger partial charge in [-0.15, -0.1) is 0 Å². The van der Waals surface area contributed by atoms with Crippen LogP contribution in [0.2, 0.25) is 0 Å². The van der Waals surface area contributed by atoms with Gasteiger partial charge in [0, 0.05) is 24.5 Å². The zero-order valence-electron chi connectivity index (χ0n) is 12.7. The van der Waals surface area contributed by atoms with Gasteiger partial charge >= 0.3 is 0 Å². The van der Waals surface area contributed by atoms with Crippen LogP contribution in [-0.2, 0) is 0 Å². The number of hydrogen-bond acceptors (Lipinski definition) is 3. The third-order valence-electron chi connectivity index (χ3n) is 3.68. The Bertz CT molecular complexity index is 937. The van der Waals surface area contributed by atoms with Gasteiger partial charge in [-0.2, -0.15) is 5.26 Å². The third kappa shape index (κ3) is 2.72. The molecule has 0 aliphatic rings. The Morgan fingerprint density at radius 3 is 2.39 bits per heavy atom. The molecule has 0 saturated heterocycles. The van der Waals surface area contributed by atoms with Gasteiger partial charge in [-0.1, -0.05) is 36.4 Å². The first-order chi connectivity index (χ1) is 11.2. The normalized spacial score (nSPS) is 10.1. The maximum Gasteiger partial charge on any atom is 0.263 e. The fourth-order valence-corrected chi connectivity index (χ4v) is 2.51. The Kier molecular flexibility index (Phi) is 3.94. The fourth-order valence-electron chi connectivity index (χ4n) is 2.51. The minimum absolute atomic E-state index is 0.155. The van der Waals surface area contributed by atoms with E-state index in [1.807, 2.05) is 36.4 Å². The number of nitrogens with one attached hydrogen (secondary N) is 1. The number of aromatic nitrogens is 1. The zero-order chi connectivity index (χ0) is 16.2. The average molecular weight is 301 g/mol. The topological polar surface area (TPSA) is 57.8 Å². The molecule has 3 aromatic rings. The number of nitriles is 1. The molecular weight excluding hydrogens is 286 g/mol. The highest BCUT2D eigenvalue weighted by Crippen LogP contribution is 2.23. The smallest absolute Gasteiger partial charge is 0.263 e. The lowest BCUT2D eigenvalue weighted by atomic mass is 10.0. The highest BCUT2D eigenvalue weighted by molar-refractivity contribution is 5.72. The van der Waals surface area contributed by atoms with Gasteiger partial charge < -0.3 is 5.32 Å². The second-order valence-corrected chi connectivity index (χ2v) is 5.06. The molecule has 4 nitrogen and oxygen atoms in total. The molecule has 4 heteroatoms. The van der Waals surface area contributed by atoms with Crippen molar-refractivity contribution in [2.75, 3.05) is 12.4 Å². The minimum Gasteiger partial charge on any atom is -0.387 e. The van der Waals surface area contributed by atoms with Gasteiger partial charge in [0.05, 0.1) is 22.9 Å². The number of hydrogen-bond donors (Lipinski definition) is 1. The van der Waals surface area contributed by atoms with Crippen LogP contribution in [0.3, 0.4) is 0 Å². The first-order valence-electron chi connectivity index (χ1n) is 7.24. The van der Waals surface area contributed by atoms with E-state index in [4.69, 9.17) is 0 Å². The summed E-state index contributed by atoms with van der Waals surface area (Å²) in [5.41, 5.74) is 3.05. The lowest BCUT2D eigenvalue weighted by Gasteiger charge is -2.12. The molecule has 0 unspecified atom stereocenters. The number of para-hydroxylation sites is 1. The number of anilines is 1. The van der Waals surface area contributed by atoms with Crippen molar-refractivity contribution in [3.8, 4) is 22.9 Å². The summed E-state index contributed by atoms with van der Waals surface area (Å²) in [5, 5.41) is 12.4. The summed E-state index contributed by atoms with van der Waals surface area (Å²) in [6, 6.07) is 20.5. The SMILES string of the molecule is CNc1cc(-c2ccccc2C#N)c(=O)n(-c2ccccc2)c1. The van der Waals surface area contributed by atoms with E-state index in [9.17, 15) is 10.1 Å². The largest absolute Gasteiger partial charge is 0.387 e. The summed E-state index contributed by atoms with van der Waals surface area (Å²) >= 11 is 0. The van der Waals surface area contributed by atoms with Crippen molar-refractivity contribution in [3.05, 3.63) is 82.8 Å². The fraction of sp³-hybridized carbons (Fsp3) is 0.0526. The molecule has 0 aliphatic carbocycles. The van der Waals surface area contributed by atoms with Gasteiger partial charge in [-0.05, 0) is 24.3 Å². The highest BCUT2D eigenvalue weighted by atomic mass is 16.1. The van der Waals surface area contributed by atoms with Crippen LogP contribution in [-0.4, -0.2) is 11.6 Å². The maximum atomic E-state index is 12.9. The molecule has 0 aliphatic heterocycles. The van der Waals surface area contributed by atoms with Gasteiger partial charge in [-0.25, -0.2) is 0 Å². The van der Waals surface area contributed by atoms with Crippen LogP contribution in [0.1, 0.15) is 5.56 Å². The quantitative estimate of drug-likeness (QED) is 0.806. The molecular formula is C19H15N3O.